The lowest BCUT2D eigenvalue weighted by Gasteiger charge is -2.29. The molecule has 1 aliphatic rings. The summed E-state index contributed by atoms with van der Waals surface area (Å²) in [7, 11) is 0. The highest BCUT2D eigenvalue weighted by molar-refractivity contribution is 9.13. The van der Waals surface area contributed by atoms with Crippen LogP contribution < -0.4 is 0 Å². The SMILES string of the molecule is CCCN(Cc1cc(Br)c(Br)o1)C1COCC1C(=O)O. The van der Waals surface area contributed by atoms with Crippen LogP contribution in [0.4, 0.5) is 0 Å². The van der Waals surface area contributed by atoms with Crippen molar-refractivity contribution in [3.8, 4) is 0 Å². The van der Waals surface area contributed by atoms with Gasteiger partial charge in [0.05, 0.1) is 30.1 Å². The van der Waals surface area contributed by atoms with Gasteiger partial charge in [0.2, 0.25) is 0 Å². The van der Waals surface area contributed by atoms with Crippen molar-refractivity contribution in [1.82, 2.24) is 4.90 Å². The van der Waals surface area contributed by atoms with Gasteiger partial charge in [-0.25, -0.2) is 0 Å². The molecule has 0 amide bonds. The first-order valence-electron chi connectivity index (χ1n) is 6.51. The second kappa shape index (κ2) is 7.06. The molecule has 1 fully saturated rings. The van der Waals surface area contributed by atoms with E-state index in [4.69, 9.17) is 9.15 Å². The van der Waals surface area contributed by atoms with Crippen molar-refractivity contribution in [3.05, 3.63) is 21.0 Å². The number of carboxylic acids is 1. The van der Waals surface area contributed by atoms with E-state index >= 15 is 0 Å². The number of nitrogens with zero attached hydrogens (tertiary/aromatic N) is 1. The van der Waals surface area contributed by atoms with Crippen molar-refractivity contribution in [1.29, 1.82) is 0 Å². The summed E-state index contributed by atoms with van der Waals surface area (Å²) in [5, 5.41) is 9.27. The van der Waals surface area contributed by atoms with Gasteiger partial charge in [-0.15, -0.1) is 0 Å². The molecule has 2 unspecified atom stereocenters. The second-order valence-electron chi connectivity index (χ2n) is 4.85. The predicted molar refractivity (Wildman–Crippen MR) is 80.5 cm³/mol. The maximum atomic E-state index is 11.3. The molecule has 5 nitrogen and oxygen atoms in total. The van der Waals surface area contributed by atoms with Crippen LogP contribution in [0.1, 0.15) is 19.1 Å². The molecule has 1 saturated heterocycles. The Hall–Kier alpha value is -0.370. The van der Waals surface area contributed by atoms with Gasteiger partial charge in [0.25, 0.3) is 0 Å². The molecule has 1 aromatic rings. The van der Waals surface area contributed by atoms with Gasteiger partial charge >= 0.3 is 5.97 Å². The van der Waals surface area contributed by atoms with Crippen LogP contribution in [0.5, 0.6) is 0 Å². The average Bonchev–Trinajstić information content (AvgIpc) is 2.97. The van der Waals surface area contributed by atoms with Crippen LogP contribution in [0.3, 0.4) is 0 Å². The van der Waals surface area contributed by atoms with Crippen LogP contribution >= 0.6 is 31.9 Å². The van der Waals surface area contributed by atoms with E-state index in [9.17, 15) is 9.90 Å². The summed E-state index contributed by atoms with van der Waals surface area (Å²) in [5.41, 5.74) is 0. The van der Waals surface area contributed by atoms with E-state index in [0.717, 1.165) is 23.2 Å². The molecule has 0 aliphatic carbocycles. The van der Waals surface area contributed by atoms with Gasteiger partial charge < -0.3 is 14.3 Å². The van der Waals surface area contributed by atoms with Crippen molar-refractivity contribution in [2.24, 2.45) is 5.92 Å². The Kier molecular flexibility index (Phi) is 5.65. The van der Waals surface area contributed by atoms with Crippen molar-refractivity contribution in [2.45, 2.75) is 25.9 Å². The van der Waals surface area contributed by atoms with E-state index in [1.807, 2.05) is 6.07 Å². The lowest BCUT2D eigenvalue weighted by Crippen LogP contribution is -2.43. The number of carboxylic acid groups (broad SMARTS) is 1. The maximum absolute atomic E-state index is 11.3. The van der Waals surface area contributed by atoms with E-state index in [1.165, 1.54) is 0 Å². The Labute approximate surface area is 134 Å². The molecule has 0 spiro atoms. The van der Waals surface area contributed by atoms with Crippen LogP contribution in [0, 0.1) is 5.92 Å². The first-order chi connectivity index (χ1) is 9.52. The number of furan rings is 1. The molecular formula is C13H17Br2NO4. The molecule has 0 aromatic carbocycles. The molecule has 1 N–H and O–H groups in total. The Balaban J connectivity index is 2.12. The Morgan fingerprint density at radius 2 is 2.25 bits per heavy atom. The van der Waals surface area contributed by atoms with Crippen LogP contribution in [0.15, 0.2) is 19.6 Å². The molecule has 0 saturated carbocycles. The fraction of sp³-hybridized carbons (Fsp3) is 0.615. The summed E-state index contributed by atoms with van der Waals surface area (Å²) >= 11 is 6.70. The smallest absolute Gasteiger partial charge is 0.310 e. The van der Waals surface area contributed by atoms with Gasteiger partial charge in [-0.2, -0.15) is 0 Å². The zero-order valence-electron chi connectivity index (χ0n) is 11.1. The third-order valence-electron chi connectivity index (χ3n) is 3.40. The van der Waals surface area contributed by atoms with Gasteiger partial charge in [-0.1, -0.05) is 6.92 Å². The van der Waals surface area contributed by atoms with Crippen molar-refractivity contribution in [2.75, 3.05) is 19.8 Å². The summed E-state index contributed by atoms with van der Waals surface area (Å²) in [6.07, 6.45) is 0.950. The summed E-state index contributed by atoms with van der Waals surface area (Å²) < 4.78 is 12.5. The van der Waals surface area contributed by atoms with E-state index < -0.39 is 11.9 Å². The van der Waals surface area contributed by atoms with Gasteiger partial charge in [-0.3, -0.25) is 9.69 Å². The lowest BCUT2D eigenvalue weighted by molar-refractivity contribution is -0.143. The molecule has 0 bridgehead atoms. The molecule has 20 heavy (non-hydrogen) atoms. The van der Waals surface area contributed by atoms with Gasteiger partial charge in [0.1, 0.15) is 5.76 Å². The normalized spacial score (nSPS) is 22.6. The van der Waals surface area contributed by atoms with Crippen LogP contribution in [-0.2, 0) is 16.1 Å². The lowest BCUT2D eigenvalue weighted by atomic mass is 10.0. The predicted octanol–water partition coefficient (Wildman–Crippen LogP) is 3.12. The number of rotatable bonds is 6. The Bertz CT molecular complexity index is 457. The maximum Gasteiger partial charge on any atom is 0.310 e. The first-order valence-corrected chi connectivity index (χ1v) is 8.09. The molecule has 112 valence electrons. The molecular weight excluding hydrogens is 394 g/mol. The standard InChI is InChI=1S/C13H17Br2NO4/c1-2-3-16(5-8-4-10(14)12(15)20-8)11-7-19-6-9(11)13(17)18/h4,9,11H,2-3,5-7H2,1H3,(H,17,18). The third-order valence-corrected chi connectivity index (χ3v) is 5.11. The van der Waals surface area contributed by atoms with Gasteiger partial charge in [0.15, 0.2) is 4.67 Å². The highest BCUT2D eigenvalue weighted by atomic mass is 79.9. The molecule has 1 aliphatic heterocycles. The summed E-state index contributed by atoms with van der Waals surface area (Å²) in [6, 6.07) is 1.80. The molecule has 1 aromatic heterocycles. The zero-order chi connectivity index (χ0) is 14.7. The fourth-order valence-electron chi connectivity index (χ4n) is 2.46. The van der Waals surface area contributed by atoms with E-state index in [1.54, 1.807) is 0 Å². The number of ether oxygens (including phenoxy) is 1. The van der Waals surface area contributed by atoms with E-state index in [2.05, 4.69) is 43.7 Å². The number of hydrogen-bond acceptors (Lipinski definition) is 4. The summed E-state index contributed by atoms with van der Waals surface area (Å²) in [6.45, 7) is 4.21. The molecule has 0 radical (unpaired) electrons. The number of aliphatic carboxylic acids is 1. The van der Waals surface area contributed by atoms with Crippen molar-refractivity contribution >= 4 is 37.8 Å². The molecule has 2 rings (SSSR count). The minimum absolute atomic E-state index is 0.102. The van der Waals surface area contributed by atoms with Crippen LogP contribution in [0.25, 0.3) is 0 Å². The Morgan fingerprint density at radius 1 is 1.50 bits per heavy atom. The first kappa shape index (κ1) is 16.0. The Morgan fingerprint density at radius 3 is 2.80 bits per heavy atom. The number of hydrogen-bond donors (Lipinski definition) is 1. The van der Waals surface area contributed by atoms with Crippen LogP contribution in [0.2, 0.25) is 0 Å². The molecule has 2 heterocycles. The van der Waals surface area contributed by atoms with E-state index in [-0.39, 0.29) is 12.6 Å². The summed E-state index contributed by atoms with van der Waals surface area (Å²) in [5.74, 6) is -0.466. The second-order valence-corrected chi connectivity index (χ2v) is 6.43. The topological polar surface area (TPSA) is 62.9 Å². The monoisotopic (exact) mass is 409 g/mol. The van der Waals surface area contributed by atoms with Crippen LogP contribution in [-0.4, -0.2) is 41.8 Å². The van der Waals surface area contributed by atoms with Gasteiger partial charge in [-0.05, 0) is 50.9 Å². The number of halogens is 2. The van der Waals surface area contributed by atoms with Crippen molar-refractivity contribution < 1.29 is 19.1 Å². The van der Waals surface area contributed by atoms with Crippen molar-refractivity contribution in [3.63, 3.8) is 0 Å². The highest BCUT2D eigenvalue weighted by Gasteiger charge is 2.38. The highest BCUT2D eigenvalue weighted by Crippen LogP contribution is 2.29. The number of carbonyl (C=O) groups is 1. The van der Waals surface area contributed by atoms with Gasteiger partial charge in [0, 0.05) is 6.04 Å². The average molecular weight is 411 g/mol. The minimum Gasteiger partial charge on any atom is -0.481 e. The minimum atomic E-state index is -0.796. The molecule has 2 atom stereocenters. The largest absolute Gasteiger partial charge is 0.481 e. The molecule has 7 heteroatoms. The zero-order valence-corrected chi connectivity index (χ0v) is 14.3. The van der Waals surface area contributed by atoms with E-state index in [0.29, 0.717) is 17.8 Å². The summed E-state index contributed by atoms with van der Waals surface area (Å²) in [4.78, 5) is 13.4. The third kappa shape index (κ3) is 3.63. The fourth-order valence-corrected chi connectivity index (χ4v) is 3.12. The quantitative estimate of drug-likeness (QED) is 0.780.